The van der Waals surface area contributed by atoms with E-state index in [4.69, 9.17) is 11.6 Å². The van der Waals surface area contributed by atoms with Crippen molar-refractivity contribution in [3.63, 3.8) is 0 Å². The quantitative estimate of drug-likeness (QED) is 0.466. The molecular weight excluding hydrogens is 502 g/mol. The van der Waals surface area contributed by atoms with Gasteiger partial charge in [0.1, 0.15) is 11.5 Å². The van der Waals surface area contributed by atoms with Gasteiger partial charge in [-0.2, -0.15) is 18.3 Å². The number of amides is 1. The summed E-state index contributed by atoms with van der Waals surface area (Å²) in [7, 11) is 3.15. The van der Waals surface area contributed by atoms with E-state index < -0.39 is 29.2 Å². The maximum atomic E-state index is 13.4. The zero-order chi connectivity index (χ0) is 26.0. The minimum absolute atomic E-state index is 0.0156. The molecule has 2 fully saturated rings. The zero-order valence-corrected chi connectivity index (χ0v) is 20.3. The number of aliphatic hydroxyl groups is 1. The highest BCUT2D eigenvalue weighted by Crippen LogP contribution is 2.66. The van der Waals surface area contributed by atoms with Crippen LogP contribution in [0.5, 0.6) is 0 Å². The number of hydrogen-bond donors (Lipinski definition) is 2. The Morgan fingerprint density at radius 3 is 2.56 bits per heavy atom. The Kier molecular flexibility index (Phi) is 5.71. The van der Waals surface area contributed by atoms with Crippen LogP contribution in [0.15, 0.2) is 30.6 Å². The van der Waals surface area contributed by atoms with Crippen molar-refractivity contribution in [2.45, 2.75) is 49.8 Å². The highest BCUT2D eigenvalue weighted by Gasteiger charge is 2.60. The molecule has 2 saturated carbocycles. The van der Waals surface area contributed by atoms with Gasteiger partial charge in [-0.05, 0) is 55.4 Å². The van der Waals surface area contributed by atoms with E-state index in [1.54, 1.807) is 17.9 Å². The average Bonchev–Trinajstić information content (AvgIpc) is 3.29. The number of imidazole rings is 1. The maximum Gasteiger partial charge on any atom is 0.435 e. The van der Waals surface area contributed by atoms with Gasteiger partial charge >= 0.3 is 6.18 Å². The second kappa shape index (κ2) is 8.31. The molecule has 36 heavy (non-hydrogen) atoms. The van der Waals surface area contributed by atoms with Crippen LogP contribution in [0.2, 0.25) is 5.02 Å². The van der Waals surface area contributed by atoms with Crippen molar-refractivity contribution in [3.05, 3.63) is 64.2 Å². The summed E-state index contributed by atoms with van der Waals surface area (Å²) in [6, 6.07) is 4.91. The monoisotopic (exact) mass is 525 g/mol. The van der Waals surface area contributed by atoms with Crippen LogP contribution in [0.1, 0.15) is 59.2 Å². The highest BCUT2D eigenvalue weighted by molar-refractivity contribution is 6.31. The molecule has 1 aromatic carbocycles. The lowest BCUT2D eigenvalue weighted by Crippen LogP contribution is -2.58. The molecule has 5 rings (SSSR count). The van der Waals surface area contributed by atoms with E-state index in [2.05, 4.69) is 15.4 Å². The van der Waals surface area contributed by atoms with Crippen LogP contribution >= 0.6 is 11.6 Å². The molecule has 12 heteroatoms. The summed E-state index contributed by atoms with van der Waals surface area (Å²) in [5.74, 6) is -0.961. The Morgan fingerprint density at radius 2 is 1.94 bits per heavy atom. The van der Waals surface area contributed by atoms with Crippen LogP contribution < -0.4 is 5.32 Å². The number of benzene rings is 1. The number of nitrogens with zero attached hydrogens (tertiary/aromatic N) is 4. The molecule has 0 atom stereocenters. The maximum absolute atomic E-state index is 13.4. The van der Waals surface area contributed by atoms with E-state index in [1.807, 2.05) is 0 Å². The summed E-state index contributed by atoms with van der Waals surface area (Å²) >= 11 is 5.81. The first-order valence-electron chi connectivity index (χ1n) is 11.4. The molecule has 0 bridgehead atoms. The van der Waals surface area contributed by atoms with Crippen molar-refractivity contribution in [1.82, 2.24) is 19.3 Å². The molecule has 2 heterocycles. The molecule has 2 aliphatic carbocycles. The topological polar surface area (TPSA) is 85.0 Å². The number of rotatable bonds is 5. The number of carbonyl (C=O) groups excluding carboxylic acids is 1. The van der Waals surface area contributed by atoms with Gasteiger partial charge in [0, 0.05) is 37.8 Å². The molecule has 2 aliphatic rings. The van der Waals surface area contributed by atoms with Crippen LogP contribution in [-0.4, -0.2) is 35.9 Å². The van der Waals surface area contributed by atoms with Gasteiger partial charge in [0.25, 0.3) is 5.91 Å². The lowest BCUT2D eigenvalue weighted by molar-refractivity contribution is -0.169. The van der Waals surface area contributed by atoms with E-state index in [1.165, 1.54) is 29.9 Å². The van der Waals surface area contributed by atoms with Crippen LogP contribution in [0, 0.1) is 11.2 Å². The minimum Gasteiger partial charge on any atom is -0.389 e. The number of anilines is 1. The van der Waals surface area contributed by atoms with Gasteiger partial charge in [0.15, 0.2) is 5.69 Å². The number of aromatic nitrogens is 4. The number of hydrogen-bond acceptors (Lipinski definition) is 4. The van der Waals surface area contributed by atoms with Crippen LogP contribution in [0.4, 0.5) is 23.2 Å². The molecule has 2 aromatic heterocycles. The normalized spacial score (nSPS) is 25.5. The molecule has 192 valence electrons. The molecule has 1 amide bonds. The number of carbonyl (C=O) groups is 1. The number of aryl methyl sites for hydroxylation is 2. The lowest BCUT2D eigenvalue weighted by Gasteiger charge is -2.61. The van der Waals surface area contributed by atoms with Crippen LogP contribution in [-0.2, 0) is 26.7 Å². The van der Waals surface area contributed by atoms with E-state index >= 15 is 0 Å². The first kappa shape index (κ1) is 24.8. The Labute approximate surface area is 209 Å². The minimum atomic E-state index is -4.53. The van der Waals surface area contributed by atoms with Crippen molar-refractivity contribution in [2.24, 2.45) is 19.5 Å². The Balaban J connectivity index is 1.23. The molecule has 2 N–H and O–H groups in total. The van der Waals surface area contributed by atoms with Crippen LogP contribution in [0.3, 0.4) is 0 Å². The fourth-order valence-corrected chi connectivity index (χ4v) is 6.05. The SMILES string of the molecule is Cn1cnc(C2CC3(C2)CC(O)(Cc2cc(C(F)(F)F)nn2C)C3)c1C(=O)Nc1ccc(F)c(Cl)c1. The van der Waals surface area contributed by atoms with Crippen molar-refractivity contribution in [2.75, 3.05) is 5.32 Å². The Hall–Kier alpha value is -2.92. The molecule has 7 nitrogen and oxygen atoms in total. The number of alkyl halides is 3. The van der Waals surface area contributed by atoms with Gasteiger partial charge in [-0.25, -0.2) is 9.37 Å². The predicted octanol–water partition coefficient (Wildman–Crippen LogP) is 4.85. The zero-order valence-electron chi connectivity index (χ0n) is 19.5. The third kappa shape index (κ3) is 4.39. The molecule has 0 aliphatic heterocycles. The number of nitrogens with one attached hydrogen (secondary N) is 1. The molecule has 0 radical (unpaired) electrons. The fraction of sp³-hybridized carbons (Fsp3) is 0.458. The summed E-state index contributed by atoms with van der Waals surface area (Å²) in [5, 5.41) is 17.1. The average molecular weight is 526 g/mol. The smallest absolute Gasteiger partial charge is 0.389 e. The molecule has 0 unspecified atom stereocenters. The molecule has 0 saturated heterocycles. The van der Waals surface area contributed by atoms with Crippen molar-refractivity contribution in [3.8, 4) is 0 Å². The first-order chi connectivity index (χ1) is 16.8. The van der Waals surface area contributed by atoms with E-state index in [9.17, 15) is 27.5 Å². The van der Waals surface area contributed by atoms with Crippen molar-refractivity contribution in [1.29, 1.82) is 0 Å². The van der Waals surface area contributed by atoms with Gasteiger partial charge in [-0.3, -0.25) is 9.48 Å². The fourth-order valence-electron chi connectivity index (χ4n) is 5.87. The highest BCUT2D eigenvalue weighted by atomic mass is 35.5. The Bertz CT molecular complexity index is 1330. The van der Waals surface area contributed by atoms with Gasteiger partial charge in [-0.15, -0.1) is 0 Å². The van der Waals surface area contributed by atoms with Crippen molar-refractivity contribution < 1.29 is 27.5 Å². The second-order valence-electron chi connectivity index (χ2n) is 10.2. The Morgan fingerprint density at radius 1 is 1.25 bits per heavy atom. The first-order valence-corrected chi connectivity index (χ1v) is 11.8. The standard InChI is InChI=1S/C24H24ClF4N5O2/c1-33-12-30-19(20(33)21(35)31-14-3-4-17(26)16(25)5-14)13-7-22(8-13)10-23(36,11-22)9-15-6-18(24(27,28)29)32-34(15)2/h3-6,12-13,36H,7-11H2,1-2H3,(H,31,35). The third-order valence-corrected chi connectivity index (χ3v) is 7.58. The van der Waals surface area contributed by atoms with E-state index in [-0.39, 0.29) is 22.8 Å². The van der Waals surface area contributed by atoms with E-state index in [0.717, 1.165) is 6.07 Å². The molecule has 1 spiro atoms. The largest absolute Gasteiger partial charge is 0.435 e. The van der Waals surface area contributed by atoms with E-state index in [0.29, 0.717) is 48.5 Å². The number of halogens is 5. The summed E-state index contributed by atoms with van der Waals surface area (Å²) in [6.45, 7) is 0. The van der Waals surface area contributed by atoms with Gasteiger partial charge in [0.05, 0.1) is 22.6 Å². The molecule has 3 aromatic rings. The van der Waals surface area contributed by atoms with Gasteiger partial charge in [0.2, 0.25) is 0 Å². The lowest BCUT2D eigenvalue weighted by atomic mass is 9.45. The summed E-state index contributed by atoms with van der Waals surface area (Å²) in [4.78, 5) is 17.4. The predicted molar refractivity (Wildman–Crippen MR) is 123 cm³/mol. The summed E-state index contributed by atoms with van der Waals surface area (Å²) in [5.41, 5.74) is -0.457. The molecular formula is C24H24ClF4N5O2. The second-order valence-corrected chi connectivity index (χ2v) is 10.6. The summed E-state index contributed by atoms with van der Waals surface area (Å²) < 4.78 is 55.1. The van der Waals surface area contributed by atoms with Crippen molar-refractivity contribution >= 4 is 23.2 Å². The third-order valence-electron chi connectivity index (χ3n) is 7.29. The summed E-state index contributed by atoms with van der Waals surface area (Å²) in [6.07, 6.45) is -0.517. The van der Waals surface area contributed by atoms with Gasteiger partial charge in [-0.1, -0.05) is 11.6 Å². The van der Waals surface area contributed by atoms with Gasteiger partial charge < -0.3 is 15.0 Å². The van der Waals surface area contributed by atoms with Crippen LogP contribution in [0.25, 0.3) is 0 Å².